The molecule has 1 aliphatic carbocycles. The second kappa shape index (κ2) is 5.50. The molecular formula is C12H23BrO. The van der Waals surface area contributed by atoms with Crippen LogP contribution in [0.1, 0.15) is 52.4 Å². The van der Waals surface area contributed by atoms with Crippen LogP contribution in [0, 0.1) is 5.92 Å². The molecule has 0 heterocycles. The fourth-order valence-corrected chi connectivity index (χ4v) is 2.54. The van der Waals surface area contributed by atoms with Gasteiger partial charge in [0, 0.05) is 11.9 Å². The number of unbranched alkanes of at least 4 members (excludes halogenated alkanes) is 1. The van der Waals surface area contributed by atoms with Crippen molar-refractivity contribution in [2.75, 3.05) is 7.11 Å². The summed E-state index contributed by atoms with van der Waals surface area (Å²) in [5.41, 5.74) is 0.0708. The molecule has 14 heavy (non-hydrogen) atoms. The lowest BCUT2D eigenvalue weighted by molar-refractivity contribution is 0.0134. The van der Waals surface area contributed by atoms with Crippen LogP contribution in [0.3, 0.4) is 0 Å². The molecule has 0 aromatic rings. The number of rotatable bonds is 7. The fraction of sp³-hybridized carbons (Fsp3) is 1.00. The first-order valence-electron chi connectivity index (χ1n) is 5.74. The Hall–Kier alpha value is 0.440. The van der Waals surface area contributed by atoms with E-state index in [1.54, 1.807) is 7.11 Å². The van der Waals surface area contributed by atoms with E-state index in [2.05, 4.69) is 29.8 Å². The molecule has 0 aromatic heterocycles. The van der Waals surface area contributed by atoms with E-state index >= 15 is 0 Å². The second-order valence-electron chi connectivity index (χ2n) is 5.06. The Bertz CT molecular complexity index is 164. The van der Waals surface area contributed by atoms with Crippen LogP contribution in [0.2, 0.25) is 0 Å². The Balaban J connectivity index is 1.98. The van der Waals surface area contributed by atoms with Crippen molar-refractivity contribution in [2.24, 2.45) is 5.92 Å². The highest BCUT2D eigenvalue weighted by molar-refractivity contribution is 9.09. The second-order valence-corrected chi connectivity index (χ2v) is 6.24. The number of hydrogen-bond donors (Lipinski definition) is 0. The fourth-order valence-electron chi connectivity index (χ4n) is 1.69. The summed E-state index contributed by atoms with van der Waals surface area (Å²) in [5, 5.41) is 0. The molecule has 1 nitrogen and oxygen atoms in total. The number of ether oxygens (including phenoxy) is 1. The van der Waals surface area contributed by atoms with Gasteiger partial charge in [0.2, 0.25) is 0 Å². The molecule has 0 amide bonds. The van der Waals surface area contributed by atoms with Crippen molar-refractivity contribution >= 4 is 15.9 Å². The largest absolute Gasteiger partial charge is 0.379 e. The zero-order chi connectivity index (χ0) is 10.6. The Morgan fingerprint density at radius 1 is 1.36 bits per heavy atom. The van der Waals surface area contributed by atoms with Crippen molar-refractivity contribution in [3.05, 3.63) is 0 Å². The molecule has 1 rings (SSSR count). The van der Waals surface area contributed by atoms with Gasteiger partial charge in [-0.15, -0.1) is 0 Å². The topological polar surface area (TPSA) is 9.23 Å². The minimum atomic E-state index is 0.0708. The zero-order valence-corrected chi connectivity index (χ0v) is 11.3. The molecule has 0 aliphatic heterocycles. The summed E-state index contributed by atoms with van der Waals surface area (Å²) in [6.07, 6.45) is 8.02. The van der Waals surface area contributed by atoms with Gasteiger partial charge in [-0.25, -0.2) is 0 Å². The Labute approximate surface area is 96.7 Å². The monoisotopic (exact) mass is 262 g/mol. The van der Waals surface area contributed by atoms with Gasteiger partial charge in [-0.1, -0.05) is 28.8 Å². The van der Waals surface area contributed by atoms with Gasteiger partial charge >= 0.3 is 0 Å². The maximum absolute atomic E-state index is 5.39. The van der Waals surface area contributed by atoms with Gasteiger partial charge in [0.15, 0.2) is 0 Å². The predicted molar refractivity (Wildman–Crippen MR) is 65.0 cm³/mol. The number of alkyl halides is 1. The van der Waals surface area contributed by atoms with Crippen LogP contribution in [0.15, 0.2) is 0 Å². The normalized spacial score (nSPS) is 19.7. The van der Waals surface area contributed by atoms with Crippen LogP contribution in [0.4, 0.5) is 0 Å². The number of methoxy groups -OCH3 is 1. The average Bonchev–Trinajstić information content (AvgIpc) is 2.95. The van der Waals surface area contributed by atoms with E-state index in [-0.39, 0.29) is 5.60 Å². The molecule has 0 spiro atoms. The third kappa shape index (κ3) is 4.79. The number of halogens is 1. The van der Waals surface area contributed by atoms with Gasteiger partial charge in [-0.2, -0.15) is 0 Å². The first-order valence-corrected chi connectivity index (χ1v) is 6.66. The quantitative estimate of drug-likeness (QED) is 0.495. The van der Waals surface area contributed by atoms with Gasteiger partial charge in [0.05, 0.1) is 5.60 Å². The van der Waals surface area contributed by atoms with E-state index in [1.807, 2.05) is 0 Å². The van der Waals surface area contributed by atoms with Crippen LogP contribution in [-0.2, 0) is 4.74 Å². The molecule has 1 saturated carbocycles. The predicted octanol–water partition coefficient (Wildman–Crippen LogP) is 4.15. The highest BCUT2D eigenvalue weighted by Gasteiger charge is 2.28. The van der Waals surface area contributed by atoms with Gasteiger partial charge in [-0.05, 0) is 45.4 Å². The van der Waals surface area contributed by atoms with Crippen molar-refractivity contribution < 1.29 is 4.74 Å². The molecule has 0 bridgehead atoms. The lowest BCUT2D eigenvalue weighted by Crippen LogP contribution is -2.22. The standard InChI is InChI=1S/C12H23BrO/c1-12(2,14-3)9-5-4-6-11(13)10-7-8-10/h10-11H,4-9H2,1-3H3. The van der Waals surface area contributed by atoms with Crippen LogP contribution in [-0.4, -0.2) is 17.5 Å². The summed E-state index contributed by atoms with van der Waals surface area (Å²) < 4.78 is 5.39. The van der Waals surface area contributed by atoms with Gasteiger partial charge in [0.25, 0.3) is 0 Å². The molecule has 2 heteroatoms. The molecule has 84 valence electrons. The van der Waals surface area contributed by atoms with E-state index in [9.17, 15) is 0 Å². The maximum atomic E-state index is 5.39. The van der Waals surface area contributed by atoms with Crippen LogP contribution in [0.5, 0.6) is 0 Å². The molecule has 0 aromatic carbocycles. The highest BCUT2D eigenvalue weighted by Crippen LogP contribution is 2.39. The Morgan fingerprint density at radius 3 is 2.50 bits per heavy atom. The van der Waals surface area contributed by atoms with Gasteiger partial charge in [0.1, 0.15) is 0 Å². The first-order chi connectivity index (χ1) is 6.55. The zero-order valence-electron chi connectivity index (χ0n) is 9.68. The van der Waals surface area contributed by atoms with Crippen molar-refractivity contribution in [1.82, 2.24) is 0 Å². The van der Waals surface area contributed by atoms with Crippen LogP contribution >= 0.6 is 15.9 Å². The molecule has 0 radical (unpaired) electrons. The lowest BCUT2D eigenvalue weighted by Gasteiger charge is -2.22. The minimum absolute atomic E-state index is 0.0708. The van der Waals surface area contributed by atoms with Crippen molar-refractivity contribution in [3.8, 4) is 0 Å². The summed E-state index contributed by atoms with van der Waals surface area (Å²) in [4.78, 5) is 0.785. The van der Waals surface area contributed by atoms with E-state index in [1.165, 1.54) is 38.5 Å². The van der Waals surface area contributed by atoms with E-state index in [0.29, 0.717) is 0 Å². The molecule has 0 N–H and O–H groups in total. The molecule has 1 fully saturated rings. The van der Waals surface area contributed by atoms with E-state index < -0.39 is 0 Å². The molecular weight excluding hydrogens is 240 g/mol. The SMILES string of the molecule is COC(C)(C)CCCCC(Br)C1CC1. The third-order valence-corrected chi connectivity index (χ3v) is 4.40. The van der Waals surface area contributed by atoms with E-state index in [0.717, 1.165) is 10.7 Å². The highest BCUT2D eigenvalue weighted by atomic mass is 79.9. The van der Waals surface area contributed by atoms with Crippen LogP contribution < -0.4 is 0 Å². The first kappa shape index (κ1) is 12.5. The van der Waals surface area contributed by atoms with Crippen molar-refractivity contribution in [3.63, 3.8) is 0 Å². The van der Waals surface area contributed by atoms with Crippen molar-refractivity contribution in [2.45, 2.75) is 62.8 Å². The summed E-state index contributed by atoms with van der Waals surface area (Å²) in [5.74, 6) is 0.991. The van der Waals surface area contributed by atoms with Crippen molar-refractivity contribution in [1.29, 1.82) is 0 Å². The van der Waals surface area contributed by atoms with E-state index in [4.69, 9.17) is 4.74 Å². The smallest absolute Gasteiger partial charge is 0.0622 e. The Morgan fingerprint density at radius 2 is 2.00 bits per heavy atom. The average molecular weight is 263 g/mol. The molecule has 1 atom stereocenters. The minimum Gasteiger partial charge on any atom is -0.379 e. The van der Waals surface area contributed by atoms with Gasteiger partial charge < -0.3 is 4.74 Å². The van der Waals surface area contributed by atoms with Gasteiger partial charge in [-0.3, -0.25) is 0 Å². The Kier molecular flexibility index (Phi) is 4.92. The lowest BCUT2D eigenvalue weighted by atomic mass is 9.99. The maximum Gasteiger partial charge on any atom is 0.0622 e. The molecule has 1 aliphatic rings. The summed E-state index contributed by atoms with van der Waals surface area (Å²) in [7, 11) is 1.80. The third-order valence-electron chi connectivity index (χ3n) is 3.19. The summed E-state index contributed by atoms with van der Waals surface area (Å²) >= 11 is 3.77. The van der Waals surface area contributed by atoms with Crippen LogP contribution in [0.25, 0.3) is 0 Å². The molecule has 0 saturated heterocycles. The summed E-state index contributed by atoms with van der Waals surface area (Å²) in [6.45, 7) is 4.33. The number of hydrogen-bond acceptors (Lipinski definition) is 1. The molecule has 1 unspecified atom stereocenters. The summed E-state index contributed by atoms with van der Waals surface area (Å²) in [6, 6.07) is 0.